The Morgan fingerprint density at radius 3 is 2.84 bits per heavy atom. The lowest BCUT2D eigenvalue weighted by molar-refractivity contribution is 0.104. The Kier molecular flexibility index (Phi) is 7.15. The van der Waals surface area contributed by atoms with Crippen molar-refractivity contribution in [1.82, 2.24) is 9.97 Å². The number of aliphatic hydroxyl groups excluding tert-OH is 1. The first kappa shape index (κ1) is 23.2. The summed E-state index contributed by atoms with van der Waals surface area (Å²) in [4.78, 5) is 22.2. The van der Waals surface area contributed by atoms with E-state index in [0.717, 1.165) is 30.6 Å². The van der Waals surface area contributed by atoms with E-state index in [4.69, 9.17) is 23.2 Å². The van der Waals surface area contributed by atoms with Gasteiger partial charge in [0.15, 0.2) is 0 Å². The molecule has 1 aromatic carbocycles. The van der Waals surface area contributed by atoms with Gasteiger partial charge in [-0.2, -0.15) is 0 Å². The maximum Gasteiger partial charge on any atom is 0.208 e. The molecule has 1 unspecified atom stereocenters. The summed E-state index contributed by atoms with van der Waals surface area (Å²) in [5.41, 5.74) is 1.49. The highest BCUT2D eigenvalue weighted by Gasteiger charge is 2.31. The van der Waals surface area contributed by atoms with Gasteiger partial charge in [0.05, 0.1) is 14.8 Å². The smallest absolute Gasteiger partial charge is 0.208 e. The molecule has 1 fully saturated rings. The number of carbonyl (C=O) groups excluding carboxylic acids is 1. The van der Waals surface area contributed by atoms with Crippen molar-refractivity contribution in [3.63, 3.8) is 0 Å². The average Bonchev–Trinajstić information content (AvgIpc) is 3.35. The number of nitrogens with zero attached hydrogens (tertiary/aromatic N) is 2. The lowest BCUT2D eigenvalue weighted by atomic mass is 9.96. The van der Waals surface area contributed by atoms with Crippen molar-refractivity contribution in [3.8, 4) is 0 Å². The molecule has 1 aliphatic carbocycles. The second-order valence-electron chi connectivity index (χ2n) is 8.37. The summed E-state index contributed by atoms with van der Waals surface area (Å²) in [6.45, 7) is 4.50. The molecule has 32 heavy (non-hydrogen) atoms. The molecular weight excluding hydrogens is 465 g/mol. The van der Waals surface area contributed by atoms with Crippen molar-refractivity contribution in [2.24, 2.45) is 11.8 Å². The van der Waals surface area contributed by atoms with E-state index in [-0.39, 0.29) is 11.8 Å². The van der Waals surface area contributed by atoms with Crippen molar-refractivity contribution < 1.29 is 9.90 Å². The van der Waals surface area contributed by atoms with Gasteiger partial charge in [0, 0.05) is 22.8 Å². The van der Waals surface area contributed by atoms with Crippen LogP contribution < -0.4 is 5.32 Å². The highest BCUT2D eigenvalue weighted by molar-refractivity contribution is 7.18. The first-order valence-electron chi connectivity index (χ1n) is 10.7. The van der Waals surface area contributed by atoms with Crippen LogP contribution in [-0.2, 0) is 0 Å². The fourth-order valence-corrected chi connectivity index (χ4v) is 5.97. The maximum absolute atomic E-state index is 13.3. The Balaban J connectivity index is 1.57. The number of aliphatic hydroxyl groups is 1. The van der Waals surface area contributed by atoms with E-state index in [1.807, 2.05) is 0 Å². The molecule has 0 spiro atoms. The van der Waals surface area contributed by atoms with Crippen molar-refractivity contribution in [3.05, 3.63) is 73.8 Å². The van der Waals surface area contributed by atoms with Gasteiger partial charge in [-0.3, -0.25) is 4.79 Å². The van der Waals surface area contributed by atoms with E-state index >= 15 is 0 Å². The quantitative estimate of drug-likeness (QED) is 0.375. The lowest BCUT2D eigenvalue weighted by Gasteiger charge is -2.15. The van der Waals surface area contributed by atoms with Gasteiger partial charge in [-0.15, -0.1) is 11.3 Å². The van der Waals surface area contributed by atoms with Crippen LogP contribution in [0.2, 0.25) is 9.36 Å². The molecule has 2 heterocycles. The number of nitrogens with one attached hydrogen (secondary N) is 1. The van der Waals surface area contributed by atoms with E-state index in [0.29, 0.717) is 48.6 Å². The standard InChI is InChI=1S/C24H25Cl2N3O2S/c1-3-14-9-17(7-13(14)2)29-24-19(11-27-12-28-24)22(31)20-10-18(23(26)32-20)21(30)15-5-4-6-16(25)8-15/h4-6,8,10-14,17,21,30H,3,7,9H2,1-2H3,(H,27,28,29)/t13-,14-,17-,21?/m0/s1. The highest BCUT2D eigenvalue weighted by Crippen LogP contribution is 2.38. The number of anilines is 1. The summed E-state index contributed by atoms with van der Waals surface area (Å²) in [5.74, 6) is 1.65. The summed E-state index contributed by atoms with van der Waals surface area (Å²) >= 11 is 13.6. The molecule has 4 rings (SSSR count). The number of hydrogen-bond donors (Lipinski definition) is 2. The van der Waals surface area contributed by atoms with Crippen LogP contribution in [0.4, 0.5) is 5.82 Å². The molecule has 2 aromatic heterocycles. The second kappa shape index (κ2) is 9.87. The normalized spacial score (nSPS) is 21.5. The van der Waals surface area contributed by atoms with Crippen LogP contribution in [0.3, 0.4) is 0 Å². The van der Waals surface area contributed by atoms with Crippen molar-refractivity contribution in [2.45, 2.75) is 45.3 Å². The molecule has 0 saturated heterocycles. The van der Waals surface area contributed by atoms with Crippen molar-refractivity contribution >= 4 is 46.1 Å². The van der Waals surface area contributed by atoms with E-state index < -0.39 is 6.10 Å². The van der Waals surface area contributed by atoms with Crippen LogP contribution in [0.5, 0.6) is 0 Å². The van der Waals surface area contributed by atoms with Crippen molar-refractivity contribution in [2.75, 3.05) is 5.32 Å². The molecule has 1 saturated carbocycles. The molecule has 168 valence electrons. The molecule has 8 heteroatoms. The maximum atomic E-state index is 13.3. The summed E-state index contributed by atoms with van der Waals surface area (Å²) in [6, 6.07) is 8.87. The minimum absolute atomic E-state index is 0.220. The minimum atomic E-state index is -0.977. The first-order valence-corrected chi connectivity index (χ1v) is 12.3. The summed E-state index contributed by atoms with van der Waals surface area (Å²) < 4.78 is 0.364. The number of rotatable bonds is 7. The van der Waals surface area contributed by atoms with Crippen LogP contribution >= 0.6 is 34.5 Å². The average molecular weight is 490 g/mol. The molecule has 3 aromatic rings. The summed E-state index contributed by atoms with van der Waals surface area (Å²) in [7, 11) is 0. The van der Waals surface area contributed by atoms with Gasteiger partial charge in [0.25, 0.3) is 0 Å². The number of halogens is 2. The molecule has 0 amide bonds. The molecule has 2 N–H and O–H groups in total. The Bertz CT molecular complexity index is 1120. The van der Waals surface area contributed by atoms with E-state index in [2.05, 4.69) is 29.1 Å². The predicted octanol–water partition coefficient (Wildman–Crippen LogP) is 6.39. The Labute approximate surface area is 201 Å². The van der Waals surface area contributed by atoms with Gasteiger partial charge in [0.2, 0.25) is 5.78 Å². The topological polar surface area (TPSA) is 75.1 Å². The molecule has 0 aliphatic heterocycles. The molecule has 0 bridgehead atoms. The Hall–Kier alpha value is -1.99. The zero-order chi connectivity index (χ0) is 22.8. The third-order valence-corrected chi connectivity index (χ3v) is 7.89. The molecule has 5 nitrogen and oxygen atoms in total. The molecule has 0 radical (unpaired) electrons. The second-order valence-corrected chi connectivity index (χ2v) is 10.5. The lowest BCUT2D eigenvalue weighted by Crippen LogP contribution is -2.19. The number of benzene rings is 1. The van der Waals surface area contributed by atoms with Crippen LogP contribution in [0.25, 0.3) is 0 Å². The molecular formula is C24H25Cl2N3O2S. The number of aromatic nitrogens is 2. The Morgan fingerprint density at radius 1 is 1.31 bits per heavy atom. The zero-order valence-corrected chi connectivity index (χ0v) is 20.2. The number of carbonyl (C=O) groups is 1. The van der Waals surface area contributed by atoms with Gasteiger partial charge in [-0.1, -0.05) is 55.6 Å². The largest absolute Gasteiger partial charge is 0.384 e. The van der Waals surface area contributed by atoms with Gasteiger partial charge >= 0.3 is 0 Å². The Morgan fingerprint density at radius 2 is 2.12 bits per heavy atom. The van der Waals surface area contributed by atoms with Crippen LogP contribution in [0, 0.1) is 11.8 Å². The number of ketones is 1. The zero-order valence-electron chi connectivity index (χ0n) is 17.9. The van der Waals surface area contributed by atoms with Gasteiger partial charge in [0.1, 0.15) is 18.2 Å². The van der Waals surface area contributed by atoms with E-state index in [9.17, 15) is 9.90 Å². The van der Waals surface area contributed by atoms with Gasteiger partial charge in [-0.25, -0.2) is 9.97 Å². The summed E-state index contributed by atoms with van der Waals surface area (Å²) in [5, 5.41) is 14.8. The summed E-state index contributed by atoms with van der Waals surface area (Å²) in [6.07, 6.45) is 5.28. The van der Waals surface area contributed by atoms with Crippen LogP contribution in [0.15, 0.2) is 42.9 Å². The predicted molar refractivity (Wildman–Crippen MR) is 130 cm³/mol. The van der Waals surface area contributed by atoms with Crippen molar-refractivity contribution in [1.29, 1.82) is 0 Å². The fraction of sp³-hybridized carbons (Fsp3) is 0.375. The SMILES string of the molecule is CC[C@H]1C[C@@H](Nc2ncncc2C(=O)c2cc(C(O)c3cccc(Cl)c3)c(Cl)s2)C[C@@H]1C. The monoisotopic (exact) mass is 489 g/mol. The third-order valence-electron chi connectivity index (χ3n) is 6.27. The fourth-order valence-electron chi connectivity index (χ4n) is 4.50. The molecule has 4 atom stereocenters. The van der Waals surface area contributed by atoms with Gasteiger partial charge < -0.3 is 10.4 Å². The van der Waals surface area contributed by atoms with E-state index in [1.165, 1.54) is 12.5 Å². The minimum Gasteiger partial charge on any atom is -0.384 e. The number of hydrogen-bond acceptors (Lipinski definition) is 6. The van der Waals surface area contributed by atoms with Gasteiger partial charge in [-0.05, 0) is 48.4 Å². The first-order chi connectivity index (χ1) is 15.4. The highest BCUT2D eigenvalue weighted by atomic mass is 35.5. The van der Waals surface area contributed by atoms with Crippen LogP contribution in [-0.4, -0.2) is 26.9 Å². The molecule has 1 aliphatic rings. The third kappa shape index (κ3) is 4.84. The number of thiophene rings is 1. The van der Waals surface area contributed by atoms with E-state index in [1.54, 1.807) is 30.3 Å². The van der Waals surface area contributed by atoms with Crippen LogP contribution in [0.1, 0.15) is 65.6 Å².